The van der Waals surface area contributed by atoms with Crippen molar-refractivity contribution in [2.75, 3.05) is 0 Å². The summed E-state index contributed by atoms with van der Waals surface area (Å²) in [6.07, 6.45) is 0. The van der Waals surface area contributed by atoms with E-state index in [-0.39, 0.29) is 226 Å². The van der Waals surface area contributed by atoms with Crippen molar-refractivity contribution in [1.29, 1.82) is 0 Å². The van der Waals surface area contributed by atoms with Crippen LogP contribution in [0.3, 0.4) is 0 Å². The Balaban J connectivity index is -0.00000000970. The summed E-state index contributed by atoms with van der Waals surface area (Å²) >= 11 is 0. The van der Waals surface area contributed by atoms with E-state index in [9.17, 15) is 0 Å². The molecule has 0 unspecified atom stereocenters. The molecule has 0 N–H and O–H groups in total. The minimum atomic E-state index is -5.39. The summed E-state index contributed by atoms with van der Waals surface area (Å²) in [5.74, 6) is 0. The molecule has 16 heavy (non-hydrogen) atoms. The molecule has 16 heteroatoms. The maximum atomic E-state index is 8.55. The van der Waals surface area contributed by atoms with Crippen molar-refractivity contribution in [2.24, 2.45) is 0 Å². The van der Waals surface area contributed by atoms with E-state index in [0.717, 1.165) is 0 Å². The molecule has 8 nitrogen and oxygen atoms in total. The van der Waals surface area contributed by atoms with Crippen molar-refractivity contribution in [3.05, 3.63) is 0 Å². The van der Waals surface area contributed by atoms with Crippen LogP contribution in [0.1, 0.15) is 0 Å². The van der Waals surface area contributed by atoms with Gasteiger partial charge >= 0.3 is 226 Å². The summed E-state index contributed by atoms with van der Waals surface area (Å²) in [6.45, 7) is 0. The molecule has 0 saturated heterocycles. The van der Waals surface area contributed by atoms with E-state index in [1.165, 1.54) is 0 Å². The van der Waals surface area contributed by atoms with Gasteiger partial charge in [0.1, 0.15) is 0 Å². The van der Waals surface area contributed by atoms with Crippen LogP contribution in [0.5, 0.6) is 0 Å². The van der Waals surface area contributed by atoms with Crippen LogP contribution in [0.2, 0.25) is 0 Å². The molecular weight excluding hydrogens is 430 g/mol. The quantitative estimate of drug-likeness (QED) is 0.266. The zero-order chi connectivity index (χ0) is 9.00. The Hall–Kier alpha value is 7.78. The Morgan fingerprint density at radius 2 is 0.500 bits per heavy atom. The Morgan fingerprint density at radius 3 is 0.500 bits per heavy atom. The van der Waals surface area contributed by atoms with Gasteiger partial charge in [-0.3, -0.25) is 0 Å². The number of hydrogen-bond acceptors (Lipinski definition) is 8. The molecule has 0 amide bonds. The zero-order valence-corrected chi connectivity index (χ0v) is 14.7. The van der Waals surface area contributed by atoms with Crippen LogP contribution in [0.4, 0.5) is 0 Å². The van der Waals surface area contributed by atoms with Crippen molar-refractivity contribution in [3.8, 4) is 0 Å². The molecule has 0 fully saturated rings. The number of rotatable bonds is 0. The molecule has 0 aromatic heterocycles. The van der Waals surface area contributed by atoms with E-state index in [0.29, 0.717) is 0 Å². The Kier molecular flexibility index (Phi) is 85.5. The van der Waals surface area contributed by atoms with Gasteiger partial charge in [-0.1, -0.05) is 0 Å². The van der Waals surface area contributed by atoms with E-state index in [1.807, 2.05) is 0 Å². The maximum absolute atomic E-state index is 8.55. The molecule has 0 heterocycles. The molecule has 0 aliphatic heterocycles. The third kappa shape index (κ3) is 155. The number of hydrogen-bond donors (Lipinski definition) is 0. The van der Waals surface area contributed by atoms with Crippen molar-refractivity contribution < 1.29 is 38.5 Å². The molecule has 76 valence electrons. The van der Waals surface area contributed by atoms with E-state index in [2.05, 4.69) is 0 Å². The fourth-order valence-electron chi connectivity index (χ4n) is 0. The van der Waals surface area contributed by atoms with Crippen molar-refractivity contribution in [2.45, 2.75) is 0 Å². The van der Waals surface area contributed by atoms with Gasteiger partial charge in [0.05, 0.1) is 0 Å². The summed E-state index contributed by atoms with van der Waals surface area (Å²) in [6, 6.07) is 0. The normalized spacial score (nSPS) is 7.38. The van der Waals surface area contributed by atoms with Crippen LogP contribution in [-0.2, 0) is 9.13 Å². The second-order valence-corrected chi connectivity index (χ2v) is 2.68. The Labute approximate surface area is 272 Å². The Morgan fingerprint density at radius 1 is 0.500 bits per heavy atom. The van der Waals surface area contributed by atoms with Crippen LogP contribution >= 0.6 is 15.6 Å². The van der Waals surface area contributed by atoms with E-state index in [1.54, 1.807) is 0 Å². The van der Waals surface area contributed by atoms with Crippen LogP contribution in [-0.4, -0.2) is 226 Å². The summed E-state index contributed by atoms with van der Waals surface area (Å²) in [4.78, 5) is 51.3. The van der Waals surface area contributed by atoms with Gasteiger partial charge in [-0.2, -0.15) is 15.6 Å². The summed E-state index contributed by atoms with van der Waals surface area (Å²) in [5.41, 5.74) is 0. The fourth-order valence-corrected chi connectivity index (χ4v) is 0. The molecule has 0 spiro atoms. The predicted molar refractivity (Wildman–Crippen MR) is 58.1 cm³/mol. The monoisotopic (exact) mass is 436 g/mol. The van der Waals surface area contributed by atoms with Crippen molar-refractivity contribution in [1.82, 2.24) is 0 Å². The molecule has 0 aliphatic carbocycles. The van der Waals surface area contributed by atoms with Gasteiger partial charge in [-0.15, -0.1) is 0 Å². The summed E-state index contributed by atoms with van der Waals surface area (Å²) in [7, 11) is -10.8. The van der Waals surface area contributed by atoms with E-state index >= 15 is 0 Å². The van der Waals surface area contributed by atoms with Gasteiger partial charge in [-0.25, -0.2) is 0 Å². The third-order valence-corrected chi connectivity index (χ3v) is 0. The topological polar surface area (TPSA) is 172 Å². The first-order valence-corrected chi connectivity index (χ1v) is 4.38. The second kappa shape index (κ2) is 27.6. The van der Waals surface area contributed by atoms with Gasteiger partial charge in [0.2, 0.25) is 0 Å². The molecule has 0 atom stereocenters. The first-order chi connectivity index (χ1) is 4.00. The molecule has 0 saturated carbocycles. The van der Waals surface area contributed by atoms with E-state index < -0.39 is 15.6 Å². The third-order valence-electron chi connectivity index (χ3n) is 0. The minimum absolute atomic E-state index is 0. The zero-order valence-electron chi connectivity index (χ0n) is 6.28. The first-order valence-electron chi connectivity index (χ1n) is 1.46. The summed E-state index contributed by atoms with van der Waals surface area (Å²) in [5, 5.41) is 0. The number of phosphoric acid groups is 2. The molecule has 0 aromatic rings. The molecule has 0 aliphatic rings. The Bertz CT molecular complexity index is 135. The second-order valence-electron chi connectivity index (χ2n) is 0.894. The molecule has 0 bridgehead atoms. The average Bonchev–Trinajstić information content (AvgIpc) is 1.12. The fraction of sp³-hybridized carbons (Fsp3) is 0. The SMILES string of the molecule is O=P([O-])([O-])[O-].O=P([O-])([O-])[O-].[Ca+2].[Ca+2].[Ca+2].[CaH2].[CaH2].[CaH2]. The van der Waals surface area contributed by atoms with Crippen molar-refractivity contribution >= 4 is 242 Å². The molecular formula is H6Ca6O8P2. The first kappa shape index (κ1) is 49.6. The van der Waals surface area contributed by atoms with Gasteiger partial charge in [0.15, 0.2) is 0 Å². The summed E-state index contributed by atoms with van der Waals surface area (Å²) < 4.78 is 17.1. The molecule has 0 rings (SSSR count). The average molecular weight is 436 g/mol. The predicted octanol–water partition coefficient (Wildman–Crippen LogP) is -9.54. The van der Waals surface area contributed by atoms with Crippen LogP contribution in [0.25, 0.3) is 0 Å². The van der Waals surface area contributed by atoms with Crippen LogP contribution < -0.4 is 29.4 Å². The van der Waals surface area contributed by atoms with Gasteiger partial charge < -0.3 is 38.5 Å². The van der Waals surface area contributed by atoms with Gasteiger partial charge in [0.25, 0.3) is 0 Å². The van der Waals surface area contributed by atoms with Gasteiger partial charge in [0, 0.05) is 0 Å². The van der Waals surface area contributed by atoms with Crippen molar-refractivity contribution in [3.63, 3.8) is 0 Å². The van der Waals surface area contributed by atoms with Crippen LogP contribution in [0, 0.1) is 0 Å². The van der Waals surface area contributed by atoms with Crippen LogP contribution in [0.15, 0.2) is 0 Å². The molecule has 0 radical (unpaired) electrons. The molecule has 0 aromatic carbocycles. The van der Waals surface area contributed by atoms with E-state index in [4.69, 9.17) is 38.5 Å². The standard InChI is InChI=1S/6Ca.2H3O4P.6H/c;;;;;;2*1-5(2,3)4;;;;;;/h;;;;;;2*(H3,1,2,3,4);;;;;;/q;;;3*+2;;;;;;;;/p-6. The van der Waals surface area contributed by atoms with Gasteiger partial charge in [-0.05, 0) is 0 Å².